The molecule has 0 saturated heterocycles. The van der Waals surface area contributed by atoms with Crippen LogP contribution in [0.1, 0.15) is 11.1 Å². The van der Waals surface area contributed by atoms with Crippen LogP contribution in [0.15, 0.2) is 42.5 Å². The Morgan fingerprint density at radius 3 is 2.00 bits per heavy atom. The zero-order valence-corrected chi connectivity index (χ0v) is 12.9. The number of carbonyl (C=O) groups is 1. The van der Waals surface area contributed by atoms with Gasteiger partial charge in [0, 0.05) is 0 Å². The highest BCUT2D eigenvalue weighted by molar-refractivity contribution is 6.31. The van der Waals surface area contributed by atoms with Crippen molar-refractivity contribution in [2.75, 3.05) is 4.90 Å². The van der Waals surface area contributed by atoms with Crippen LogP contribution in [-0.2, 0) is 12.4 Å². The topological polar surface area (TPSA) is 46.3 Å². The first-order valence-corrected chi connectivity index (χ1v) is 6.92. The van der Waals surface area contributed by atoms with Gasteiger partial charge < -0.3 is 5.73 Å². The van der Waals surface area contributed by atoms with Crippen molar-refractivity contribution >= 4 is 29.0 Å². The third kappa shape index (κ3) is 4.16. The van der Waals surface area contributed by atoms with E-state index in [1.54, 1.807) is 0 Å². The Kier molecular flexibility index (Phi) is 4.90. The van der Waals surface area contributed by atoms with Crippen LogP contribution in [0.5, 0.6) is 0 Å². The Balaban J connectivity index is 2.54. The monoisotopic (exact) mass is 382 g/mol. The van der Waals surface area contributed by atoms with E-state index in [0.29, 0.717) is 17.0 Å². The van der Waals surface area contributed by atoms with Crippen molar-refractivity contribution < 1.29 is 31.1 Å². The second-order valence-electron chi connectivity index (χ2n) is 4.88. The van der Waals surface area contributed by atoms with Gasteiger partial charge >= 0.3 is 18.4 Å². The number of anilines is 2. The molecule has 0 radical (unpaired) electrons. The minimum atomic E-state index is -4.72. The van der Waals surface area contributed by atoms with E-state index in [0.717, 1.165) is 30.3 Å². The van der Waals surface area contributed by atoms with Gasteiger partial charge in [-0.1, -0.05) is 17.7 Å². The number of hydrogen-bond acceptors (Lipinski definition) is 1. The summed E-state index contributed by atoms with van der Waals surface area (Å²) < 4.78 is 76.6. The minimum Gasteiger partial charge on any atom is -0.351 e. The van der Waals surface area contributed by atoms with Gasteiger partial charge in [-0.15, -0.1) is 0 Å². The standard InChI is InChI=1S/C15H9ClF6N2O/c16-12-7-10(4-5-11(12)15(20,21)22)24(13(23)25)9-3-1-2-8(6-9)14(17,18)19/h1-7H,(H2,23,25). The molecule has 2 aromatic rings. The molecule has 0 aromatic heterocycles. The van der Waals surface area contributed by atoms with Gasteiger partial charge in [-0.25, -0.2) is 4.79 Å². The molecule has 2 amide bonds. The van der Waals surface area contributed by atoms with Crippen LogP contribution < -0.4 is 10.6 Å². The molecule has 0 saturated carbocycles. The molecule has 0 bridgehead atoms. The summed E-state index contributed by atoms with van der Waals surface area (Å²) in [7, 11) is 0. The number of halogens is 7. The molecule has 0 unspecified atom stereocenters. The Hall–Kier alpha value is -2.42. The molecular weight excluding hydrogens is 374 g/mol. The molecule has 0 fully saturated rings. The summed E-state index contributed by atoms with van der Waals surface area (Å²) in [5, 5.41) is -0.719. The van der Waals surface area contributed by atoms with Crippen LogP contribution in [0.3, 0.4) is 0 Å². The summed E-state index contributed by atoms with van der Waals surface area (Å²) in [5.41, 5.74) is 2.51. The number of hydrogen-bond donors (Lipinski definition) is 1. The summed E-state index contributed by atoms with van der Waals surface area (Å²) in [4.78, 5) is 12.3. The number of urea groups is 1. The maximum absolute atomic E-state index is 12.8. The second kappa shape index (κ2) is 6.47. The molecule has 0 spiro atoms. The first-order valence-electron chi connectivity index (χ1n) is 6.55. The van der Waals surface area contributed by atoms with Gasteiger partial charge in [-0.3, -0.25) is 4.90 Å². The molecule has 2 rings (SSSR count). The normalized spacial score (nSPS) is 12.1. The largest absolute Gasteiger partial charge is 0.417 e. The maximum Gasteiger partial charge on any atom is 0.417 e. The summed E-state index contributed by atoms with van der Waals surface area (Å²) in [6.45, 7) is 0. The van der Waals surface area contributed by atoms with Gasteiger partial charge in [0.15, 0.2) is 0 Å². The quantitative estimate of drug-likeness (QED) is 0.676. The summed E-state index contributed by atoms with van der Waals surface area (Å²) in [6, 6.07) is 4.75. The van der Waals surface area contributed by atoms with Crippen molar-refractivity contribution in [1.82, 2.24) is 0 Å². The van der Waals surface area contributed by atoms with E-state index in [4.69, 9.17) is 17.3 Å². The third-order valence-electron chi connectivity index (χ3n) is 3.17. The first kappa shape index (κ1) is 18.9. The smallest absolute Gasteiger partial charge is 0.351 e. The number of nitrogens with two attached hydrogens (primary N) is 1. The van der Waals surface area contributed by atoms with Crippen molar-refractivity contribution in [2.45, 2.75) is 12.4 Å². The van der Waals surface area contributed by atoms with Crippen molar-refractivity contribution in [3.8, 4) is 0 Å². The van der Waals surface area contributed by atoms with Gasteiger partial charge in [-0.2, -0.15) is 26.3 Å². The zero-order chi connectivity index (χ0) is 19.0. The van der Waals surface area contributed by atoms with Crippen LogP contribution in [0, 0.1) is 0 Å². The molecular formula is C15H9ClF6N2O. The van der Waals surface area contributed by atoms with Gasteiger partial charge in [0.2, 0.25) is 0 Å². The minimum absolute atomic E-state index is 0.204. The number of amides is 2. The molecule has 134 valence electrons. The highest BCUT2D eigenvalue weighted by Crippen LogP contribution is 2.38. The fourth-order valence-corrected chi connectivity index (χ4v) is 2.38. The van der Waals surface area contributed by atoms with Crippen LogP contribution in [-0.4, -0.2) is 6.03 Å². The Labute approximate surface area is 142 Å². The first-order chi connectivity index (χ1) is 11.4. The van der Waals surface area contributed by atoms with Crippen LogP contribution in [0.25, 0.3) is 0 Å². The second-order valence-corrected chi connectivity index (χ2v) is 5.29. The molecule has 2 aromatic carbocycles. The Morgan fingerprint density at radius 1 is 0.920 bits per heavy atom. The molecule has 10 heteroatoms. The fourth-order valence-electron chi connectivity index (χ4n) is 2.10. The third-order valence-corrected chi connectivity index (χ3v) is 3.48. The lowest BCUT2D eigenvalue weighted by atomic mass is 10.1. The molecule has 2 N–H and O–H groups in total. The van der Waals surface area contributed by atoms with Gasteiger partial charge in [-0.05, 0) is 36.4 Å². The predicted molar refractivity (Wildman–Crippen MR) is 79.6 cm³/mol. The van der Waals surface area contributed by atoms with E-state index in [-0.39, 0.29) is 11.4 Å². The molecule has 0 aliphatic rings. The van der Waals surface area contributed by atoms with Crippen molar-refractivity contribution in [2.24, 2.45) is 5.73 Å². The lowest BCUT2D eigenvalue weighted by Gasteiger charge is -2.22. The number of alkyl halides is 6. The molecule has 0 aliphatic carbocycles. The number of benzene rings is 2. The molecule has 0 aliphatic heterocycles. The Bertz CT molecular complexity index is 803. The average Bonchev–Trinajstić information content (AvgIpc) is 2.45. The van der Waals surface area contributed by atoms with Gasteiger partial charge in [0.1, 0.15) is 0 Å². The number of carbonyl (C=O) groups excluding carboxylic acids is 1. The molecule has 0 atom stereocenters. The molecule has 3 nitrogen and oxygen atoms in total. The summed E-state index contributed by atoms with van der Waals surface area (Å²) in [6.07, 6.45) is -9.39. The van der Waals surface area contributed by atoms with Crippen molar-refractivity contribution in [1.29, 1.82) is 0 Å². The van der Waals surface area contributed by atoms with Crippen LogP contribution in [0.4, 0.5) is 42.5 Å². The van der Waals surface area contributed by atoms with E-state index in [2.05, 4.69) is 0 Å². The highest BCUT2D eigenvalue weighted by Gasteiger charge is 2.34. The molecule has 25 heavy (non-hydrogen) atoms. The van der Waals surface area contributed by atoms with E-state index >= 15 is 0 Å². The lowest BCUT2D eigenvalue weighted by Crippen LogP contribution is -2.31. The Morgan fingerprint density at radius 2 is 1.52 bits per heavy atom. The SMILES string of the molecule is NC(=O)N(c1cccc(C(F)(F)F)c1)c1ccc(C(F)(F)F)c(Cl)c1. The van der Waals surface area contributed by atoms with Crippen LogP contribution in [0.2, 0.25) is 5.02 Å². The fraction of sp³-hybridized carbons (Fsp3) is 0.133. The average molecular weight is 383 g/mol. The summed E-state index contributed by atoms with van der Waals surface area (Å²) in [5.74, 6) is 0. The highest BCUT2D eigenvalue weighted by atomic mass is 35.5. The number of nitrogens with zero attached hydrogens (tertiary/aromatic N) is 1. The van der Waals surface area contributed by atoms with Crippen LogP contribution >= 0.6 is 11.6 Å². The van der Waals surface area contributed by atoms with Gasteiger partial charge in [0.25, 0.3) is 0 Å². The maximum atomic E-state index is 12.8. The molecule has 0 heterocycles. The van der Waals surface area contributed by atoms with Gasteiger partial charge in [0.05, 0.1) is 27.5 Å². The predicted octanol–water partition coefficient (Wildman–Crippen LogP) is 5.59. The lowest BCUT2D eigenvalue weighted by molar-refractivity contribution is -0.138. The van der Waals surface area contributed by atoms with E-state index in [1.807, 2.05) is 0 Å². The summed E-state index contributed by atoms with van der Waals surface area (Å²) >= 11 is 5.58. The van der Waals surface area contributed by atoms with Crippen molar-refractivity contribution in [3.05, 3.63) is 58.6 Å². The van der Waals surface area contributed by atoms with E-state index < -0.39 is 34.5 Å². The zero-order valence-electron chi connectivity index (χ0n) is 12.1. The van der Waals surface area contributed by atoms with Crippen molar-refractivity contribution in [3.63, 3.8) is 0 Å². The number of primary amides is 1. The van der Waals surface area contributed by atoms with E-state index in [1.165, 1.54) is 0 Å². The number of rotatable bonds is 2. The van der Waals surface area contributed by atoms with E-state index in [9.17, 15) is 31.1 Å².